The maximum Gasteiger partial charge on any atom is 0.224 e. The zero-order valence-electron chi connectivity index (χ0n) is 10.8. The second-order valence-electron chi connectivity index (χ2n) is 4.60. The molecule has 1 aliphatic rings. The Kier molecular flexibility index (Phi) is 3.42. The lowest BCUT2D eigenvalue weighted by atomic mass is 10.2. The molecule has 0 spiro atoms. The number of hydrogen-bond donors (Lipinski definition) is 4. The first-order valence-corrected chi connectivity index (χ1v) is 6.64. The Morgan fingerprint density at radius 3 is 3.10 bits per heavy atom. The van der Waals surface area contributed by atoms with Gasteiger partial charge in [-0.3, -0.25) is 4.57 Å². The van der Waals surface area contributed by atoms with Gasteiger partial charge in [-0.25, -0.2) is 4.98 Å². The highest BCUT2D eigenvalue weighted by Gasteiger charge is 2.35. The Morgan fingerprint density at radius 1 is 1.65 bits per heavy atom. The number of nitrogens with one attached hydrogen (secondary N) is 2. The number of fused-ring (bicyclic) bond motifs is 1. The Bertz CT molecular complexity index is 684. The van der Waals surface area contributed by atoms with Crippen molar-refractivity contribution in [3.8, 4) is 0 Å². The van der Waals surface area contributed by atoms with Crippen LogP contribution in [0.3, 0.4) is 0 Å². The lowest BCUT2D eigenvalue weighted by molar-refractivity contribution is -0.0436. The Morgan fingerprint density at radius 2 is 2.45 bits per heavy atom. The SMILES string of the molecule is CNc1ncc2[nH]c(=S)n([C@H]3C[C@@H](O)[C@H](CO)O3)c2n1. The Labute approximate surface area is 119 Å². The van der Waals surface area contributed by atoms with Crippen LogP contribution in [-0.4, -0.2) is 55.6 Å². The van der Waals surface area contributed by atoms with Crippen molar-refractivity contribution in [3.63, 3.8) is 0 Å². The third-order valence-electron chi connectivity index (χ3n) is 3.35. The smallest absolute Gasteiger partial charge is 0.224 e. The summed E-state index contributed by atoms with van der Waals surface area (Å²) in [6.45, 7) is -0.232. The minimum atomic E-state index is -0.720. The first kappa shape index (κ1) is 13.4. The van der Waals surface area contributed by atoms with Gasteiger partial charge >= 0.3 is 0 Å². The molecule has 1 aliphatic heterocycles. The molecule has 0 aromatic carbocycles. The van der Waals surface area contributed by atoms with E-state index in [1.165, 1.54) is 0 Å². The topological polar surface area (TPSA) is 108 Å². The Hall–Kier alpha value is -1.55. The monoisotopic (exact) mass is 297 g/mol. The molecule has 3 heterocycles. The van der Waals surface area contributed by atoms with Crippen LogP contribution in [0.15, 0.2) is 6.20 Å². The molecule has 1 fully saturated rings. The fraction of sp³-hybridized carbons (Fsp3) is 0.545. The summed E-state index contributed by atoms with van der Waals surface area (Å²) in [5.41, 5.74) is 1.30. The first-order chi connectivity index (χ1) is 9.63. The molecular formula is C11H15N5O3S. The predicted molar refractivity (Wildman–Crippen MR) is 73.9 cm³/mol. The van der Waals surface area contributed by atoms with Gasteiger partial charge in [-0.2, -0.15) is 4.98 Å². The van der Waals surface area contributed by atoms with E-state index in [1.54, 1.807) is 17.8 Å². The van der Waals surface area contributed by atoms with Crippen molar-refractivity contribution in [2.24, 2.45) is 0 Å². The number of aliphatic hydroxyl groups is 2. The highest BCUT2D eigenvalue weighted by atomic mass is 32.1. The molecular weight excluding hydrogens is 282 g/mol. The maximum atomic E-state index is 9.83. The molecule has 8 nitrogen and oxygen atoms in total. The molecule has 0 amide bonds. The summed E-state index contributed by atoms with van der Waals surface area (Å²) in [7, 11) is 1.73. The number of anilines is 1. The second kappa shape index (κ2) is 5.09. The average molecular weight is 297 g/mol. The molecule has 4 N–H and O–H groups in total. The van der Waals surface area contributed by atoms with Gasteiger partial charge in [-0.1, -0.05) is 0 Å². The molecule has 0 aliphatic carbocycles. The van der Waals surface area contributed by atoms with Crippen LogP contribution < -0.4 is 5.32 Å². The number of rotatable bonds is 3. The first-order valence-electron chi connectivity index (χ1n) is 6.23. The molecule has 20 heavy (non-hydrogen) atoms. The van der Waals surface area contributed by atoms with Crippen LogP contribution in [-0.2, 0) is 4.74 Å². The Balaban J connectivity index is 2.07. The van der Waals surface area contributed by atoms with Crippen molar-refractivity contribution < 1.29 is 14.9 Å². The predicted octanol–water partition coefficient (Wildman–Crippen LogP) is 0.171. The number of ether oxygens (including phenoxy) is 1. The number of H-pyrrole nitrogens is 1. The molecule has 3 atom stereocenters. The third-order valence-corrected chi connectivity index (χ3v) is 3.65. The molecule has 3 rings (SSSR count). The summed E-state index contributed by atoms with van der Waals surface area (Å²) < 4.78 is 7.77. The van der Waals surface area contributed by atoms with Gasteiger partial charge in [0.1, 0.15) is 17.8 Å². The molecule has 1 saturated heterocycles. The van der Waals surface area contributed by atoms with Crippen LogP contribution in [0.1, 0.15) is 12.6 Å². The summed E-state index contributed by atoms with van der Waals surface area (Å²) in [4.78, 5) is 11.5. The van der Waals surface area contributed by atoms with Crippen LogP contribution in [0.5, 0.6) is 0 Å². The quantitative estimate of drug-likeness (QED) is 0.598. The van der Waals surface area contributed by atoms with E-state index < -0.39 is 18.4 Å². The van der Waals surface area contributed by atoms with Crippen molar-refractivity contribution in [2.45, 2.75) is 24.9 Å². The number of aromatic nitrogens is 4. The summed E-state index contributed by atoms with van der Waals surface area (Å²) in [5, 5.41) is 21.8. The summed E-state index contributed by atoms with van der Waals surface area (Å²) in [6.07, 6.45) is 0.212. The zero-order valence-corrected chi connectivity index (χ0v) is 11.6. The highest BCUT2D eigenvalue weighted by molar-refractivity contribution is 7.71. The van der Waals surface area contributed by atoms with Crippen LogP contribution in [0.4, 0.5) is 5.95 Å². The van der Waals surface area contributed by atoms with Gasteiger partial charge in [0.25, 0.3) is 0 Å². The molecule has 2 aromatic rings. The number of hydrogen-bond acceptors (Lipinski definition) is 7. The number of imidazole rings is 1. The van der Waals surface area contributed by atoms with E-state index in [0.717, 1.165) is 0 Å². The van der Waals surface area contributed by atoms with Gasteiger partial charge in [0.2, 0.25) is 5.95 Å². The molecule has 0 bridgehead atoms. The normalized spacial score (nSPS) is 26.2. The van der Waals surface area contributed by atoms with Gasteiger partial charge < -0.3 is 25.3 Å². The van der Waals surface area contributed by atoms with Crippen molar-refractivity contribution in [1.82, 2.24) is 19.5 Å². The fourth-order valence-electron chi connectivity index (χ4n) is 2.34. The highest BCUT2D eigenvalue weighted by Crippen LogP contribution is 2.31. The van der Waals surface area contributed by atoms with E-state index in [1.807, 2.05) is 0 Å². The van der Waals surface area contributed by atoms with E-state index in [0.29, 0.717) is 28.3 Å². The van der Waals surface area contributed by atoms with Crippen LogP contribution in [0, 0.1) is 4.77 Å². The van der Waals surface area contributed by atoms with E-state index in [9.17, 15) is 5.11 Å². The fourth-order valence-corrected chi connectivity index (χ4v) is 2.66. The molecule has 0 radical (unpaired) electrons. The third kappa shape index (κ3) is 2.08. The standard InChI is InChI=1S/C11H15N5O3S/c1-12-10-13-3-5-9(15-10)16(11(20)14-5)8-2-6(18)7(4-17)19-8/h3,6-8,17-18H,2,4H2,1H3,(H,14,20)(H,12,13,15)/t6-,7+,8-/m1/s1. The number of aliphatic hydroxyl groups excluding tert-OH is 2. The van der Waals surface area contributed by atoms with E-state index >= 15 is 0 Å². The van der Waals surface area contributed by atoms with Gasteiger partial charge in [-0.15, -0.1) is 0 Å². The number of nitrogens with zero attached hydrogens (tertiary/aromatic N) is 3. The zero-order chi connectivity index (χ0) is 14.3. The van der Waals surface area contributed by atoms with E-state index in [-0.39, 0.29) is 6.61 Å². The summed E-state index contributed by atoms with van der Waals surface area (Å²) in [5.74, 6) is 0.470. The van der Waals surface area contributed by atoms with Crippen molar-refractivity contribution >= 4 is 29.3 Å². The molecule has 0 unspecified atom stereocenters. The van der Waals surface area contributed by atoms with Crippen molar-refractivity contribution in [2.75, 3.05) is 19.0 Å². The lowest BCUT2D eigenvalue weighted by Crippen LogP contribution is -2.24. The second-order valence-corrected chi connectivity index (χ2v) is 4.98. The molecule has 0 saturated carbocycles. The van der Waals surface area contributed by atoms with Gasteiger partial charge in [0.15, 0.2) is 10.4 Å². The van der Waals surface area contributed by atoms with E-state index in [2.05, 4.69) is 20.3 Å². The average Bonchev–Trinajstić information content (AvgIpc) is 2.96. The van der Waals surface area contributed by atoms with Crippen molar-refractivity contribution in [3.05, 3.63) is 11.0 Å². The van der Waals surface area contributed by atoms with Crippen LogP contribution in [0.25, 0.3) is 11.2 Å². The van der Waals surface area contributed by atoms with Gasteiger partial charge in [-0.05, 0) is 12.2 Å². The number of aromatic amines is 1. The molecule has 9 heteroatoms. The summed E-state index contributed by atoms with van der Waals surface area (Å²) >= 11 is 5.28. The van der Waals surface area contributed by atoms with Crippen LogP contribution >= 0.6 is 12.2 Å². The largest absolute Gasteiger partial charge is 0.394 e. The minimum Gasteiger partial charge on any atom is -0.394 e. The van der Waals surface area contributed by atoms with Crippen molar-refractivity contribution in [1.29, 1.82) is 0 Å². The maximum absolute atomic E-state index is 9.83. The van der Waals surface area contributed by atoms with Gasteiger partial charge in [0.05, 0.1) is 18.9 Å². The van der Waals surface area contributed by atoms with E-state index in [4.69, 9.17) is 22.1 Å². The van der Waals surface area contributed by atoms with Crippen LogP contribution in [0.2, 0.25) is 0 Å². The minimum absolute atomic E-state index is 0.232. The molecule has 2 aromatic heterocycles. The summed E-state index contributed by atoms with van der Waals surface area (Å²) in [6, 6.07) is 0. The van der Waals surface area contributed by atoms with Gasteiger partial charge in [0, 0.05) is 13.5 Å². The lowest BCUT2D eigenvalue weighted by Gasteiger charge is -2.13. The molecule has 108 valence electrons.